The summed E-state index contributed by atoms with van der Waals surface area (Å²) in [7, 11) is 0. The van der Waals surface area contributed by atoms with Gasteiger partial charge in [0.2, 0.25) is 5.78 Å². The van der Waals surface area contributed by atoms with E-state index in [9.17, 15) is 9.59 Å². The van der Waals surface area contributed by atoms with Gasteiger partial charge in [-0.25, -0.2) is 4.79 Å². The Bertz CT molecular complexity index is 1760. The first-order valence-corrected chi connectivity index (χ1v) is 11.4. The zero-order valence-electron chi connectivity index (χ0n) is 18.9. The maximum Gasteiger partial charge on any atom is 0.336 e. The summed E-state index contributed by atoms with van der Waals surface area (Å²) in [6, 6.07) is 32.2. The van der Waals surface area contributed by atoms with Crippen molar-refractivity contribution >= 4 is 27.7 Å². The molecule has 0 atom stereocenters. The van der Waals surface area contributed by atoms with Crippen LogP contribution in [0.25, 0.3) is 44.2 Å². The van der Waals surface area contributed by atoms with Crippen LogP contribution in [0.3, 0.4) is 0 Å². The molecular weight excluding hydrogens is 436 g/mol. The van der Waals surface area contributed by atoms with Crippen LogP contribution in [0.2, 0.25) is 0 Å². The Balaban J connectivity index is 1.57. The number of benzene rings is 4. The molecule has 0 amide bonds. The number of furan rings is 1. The second kappa shape index (κ2) is 8.26. The minimum absolute atomic E-state index is 0.218. The standard InChI is InChI=1S/C31H20O4/c1-19-18-26(32)35-30-24(19)16-17-25-28(30)27(22-10-6-3-7-11-22)31(34-25)29(33)23-14-12-21(13-15-23)20-8-4-2-5-9-20/h2-18H,1H3. The fraction of sp³-hybridized carbons (Fsp3) is 0.0323. The van der Waals surface area contributed by atoms with Crippen molar-refractivity contribution in [2.45, 2.75) is 6.92 Å². The molecule has 0 aliphatic carbocycles. The maximum atomic E-state index is 13.7. The van der Waals surface area contributed by atoms with Crippen LogP contribution < -0.4 is 5.63 Å². The van der Waals surface area contributed by atoms with Gasteiger partial charge in [0.1, 0.15) is 11.2 Å². The predicted octanol–water partition coefficient (Wildman–Crippen LogP) is 7.41. The van der Waals surface area contributed by atoms with Gasteiger partial charge < -0.3 is 8.83 Å². The van der Waals surface area contributed by atoms with Gasteiger partial charge in [0.25, 0.3) is 0 Å². The van der Waals surface area contributed by atoms with Gasteiger partial charge in [-0.05, 0) is 41.3 Å². The molecular formula is C31H20O4. The molecule has 168 valence electrons. The van der Waals surface area contributed by atoms with Crippen molar-refractivity contribution < 1.29 is 13.6 Å². The Kier molecular flexibility index (Phi) is 4.93. The van der Waals surface area contributed by atoms with Crippen LogP contribution >= 0.6 is 0 Å². The predicted molar refractivity (Wildman–Crippen MR) is 138 cm³/mol. The molecule has 35 heavy (non-hydrogen) atoms. The van der Waals surface area contributed by atoms with Gasteiger partial charge >= 0.3 is 5.63 Å². The number of fused-ring (bicyclic) bond motifs is 3. The molecule has 0 N–H and O–H groups in total. The minimum Gasteiger partial charge on any atom is -0.452 e. The summed E-state index contributed by atoms with van der Waals surface area (Å²) in [4.78, 5) is 26.0. The van der Waals surface area contributed by atoms with Gasteiger partial charge in [-0.3, -0.25) is 4.79 Å². The smallest absolute Gasteiger partial charge is 0.336 e. The zero-order chi connectivity index (χ0) is 23.9. The van der Waals surface area contributed by atoms with Gasteiger partial charge in [0.15, 0.2) is 5.76 Å². The average Bonchev–Trinajstić information content (AvgIpc) is 3.29. The Labute approximate surface area is 201 Å². The van der Waals surface area contributed by atoms with Crippen molar-refractivity contribution in [3.8, 4) is 22.3 Å². The highest BCUT2D eigenvalue weighted by Gasteiger charge is 2.26. The zero-order valence-corrected chi connectivity index (χ0v) is 18.9. The summed E-state index contributed by atoms with van der Waals surface area (Å²) < 4.78 is 11.8. The number of rotatable bonds is 4. The summed E-state index contributed by atoms with van der Waals surface area (Å²) in [5.41, 5.74) is 5.35. The molecule has 0 bridgehead atoms. The monoisotopic (exact) mass is 456 g/mol. The lowest BCUT2D eigenvalue weighted by molar-refractivity contribution is 0.101. The van der Waals surface area contributed by atoms with Crippen LogP contribution in [0.5, 0.6) is 0 Å². The lowest BCUT2D eigenvalue weighted by Crippen LogP contribution is -2.02. The summed E-state index contributed by atoms with van der Waals surface area (Å²) in [6.07, 6.45) is 0. The summed E-state index contributed by atoms with van der Waals surface area (Å²) in [6.45, 7) is 1.87. The fourth-order valence-corrected chi connectivity index (χ4v) is 4.58. The van der Waals surface area contributed by atoms with E-state index in [1.165, 1.54) is 6.07 Å². The van der Waals surface area contributed by atoms with E-state index in [-0.39, 0.29) is 11.5 Å². The van der Waals surface area contributed by atoms with Crippen LogP contribution in [0.1, 0.15) is 21.7 Å². The largest absolute Gasteiger partial charge is 0.452 e. The summed E-state index contributed by atoms with van der Waals surface area (Å²) in [5, 5.41) is 1.43. The quantitative estimate of drug-likeness (QED) is 0.205. The molecule has 4 nitrogen and oxygen atoms in total. The average molecular weight is 456 g/mol. The number of hydrogen-bond acceptors (Lipinski definition) is 4. The molecule has 0 spiro atoms. The molecule has 0 saturated carbocycles. The third-order valence-corrected chi connectivity index (χ3v) is 6.29. The molecule has 0 unspecified atom stereocenters. The highest BCUT2D eigenvalue weighted by molar-refractivity contribution is 6.20. The Hall–Kier alpha value is -4.70. The van der Waals surface area contributed by atoms with Gasteiger partial charge in [0.05, 0.1) is 5.39 Å². The molecule has 0 fully saturated rings. The van der Waals surface area contributed by atoms with E-state index in [1.54, 1.807) is 0 Å². The van der Waals surface area contributed by atoms with Crippen molar-refractivity contribution in [2.75, 3.05) is 0 Å². The van der Waals surface area contributed by atoms with Gasteiger partial charge in [-0.15, -0.1) is 0 Å². The van der Waals surface area contributed by atoms with Crippen molar-refractivity contribution in [1.82, 2.24) is 0 Å². The van der Waals surface area contributed by atoms with Gasteiger partial charge in [0, 0.05) is 22.6 Å². The van der Waals surface area contributed by atoms with Crippen molar-refractivity contribution in [3.05, 3.63) is 130 Å². The van der Waals surface area contributed by atoms with E-state index in [0.29, 0.717) is 27.7 Å². The number of aryl methyl sites for hydroxylation is 1. The highest BCUT2D eigenvalue weighted by atomic mass is 16.4. The van der Waals surface area contributed by atoms with E-state index >= 15 is 0 Å². The second-order valence-corrected chi connectivity index (χ2v) is 8.51. The van der Waals surface area contributed by atoms with Crippen LogP contribution in [-0.2, 0) is 0 Å². The fourth-order valence-electron chi connectivity index (χ4n) is 4.58. The first-order chi connectivity index (χ1) is 17.1. The minimum atomic E-state index is -0.438. The number of hydrogen-bond donors (Lipinski definition) is 0. The number of carbonyl (C=O) groups excluding carboxylic acids is 1. The Morgan fingerprint density at radius 1 is 0.686 bits per heavy atom. The van der Waals surface area contributed by atoms with Crippen LogP contribution in [0.4, 0.5) is 0 Å². The van der Waals surface area contributed by atoms with Crippen molar-refractivity contribution in [2.24, 2.45) is 0 Å². The van der Waals surface area contributed by atoms with E-state index < -0.39 is 5.63 Å². The molecule has 0 radical (unpaired) electrons. The van der Waals surface area contributed by atoms with Crippen LogP contribution in [0.15, 0.2) is 117 Å². The lowest BCUT2D eigenvalue weighted by Gasteiger charge is -2.06. The van der Waals surface area contributed by atoms with Gasteiger partial charge in [-0.2, -0.15) is 0 Å². The molecule has 4 heteroatoms. The number of carbonyl (C=O) groups is 1. The number of ketones is 1. The Morgan fingerprint density at radius 3 is 2.00 bits per heavy atom. The third kappa shape index (κ3) is 3.56. The Morgan fingerprint density at radius 2 is 1.31 bits per heavy atom. The molecule has 4 aromatic carbocycles. The summed E-state index contributed by atoms with van der Waals surface area (Å²) >= 11 is 0. The summed E-state index contributed by atoms with van der Waals surface area (Å²) in [5.74, 6) is -0.0156. The van der Waals surface area contributed by atoms with E-state index in [0.717, 1.165) is 27.6 Å². The van der Waals surface area contributed by atoms with Crippen LogP contribution in [0, 0.1) is 6.92 Å². The molecule has 2 aromatic heterocycles. The maximum absolute atomic E-state index is 13.7. The second-order valence-electron chi connectivity index (χ2n) is 8.51. The SMILES string of the molecule is Cc1cc(=O)oc2c1ccc1oc(C(=O)c3ccc(-c4ccccc4)cc3)c(-c3ccccc3)c12. The van der Waals surface area contributed by atoms with E-state index in [4.69, 9.17) is 8.83 Å². The van der Waals surface area contributed by atoms with Crippen molar-refractivity contribution in [1.29, 1.82) is 0 Å². The highest BCUT2D eigenvalue weighted by Crippen LogP contribution is 2.40. The molecule has 6 rings (SSSR count). The first-order valence-electron chi connectivity index (χ1n) is 11.4. The van der Waals surface area contributed by atoms with Gasteiger partial charge in [-0.1, -0.05) is 84.9 Å². The molecule has 0 aliphatic rings. The molecule has 2 heterocycles. The topological polar surface area (TPSA) is 60.4 Å². The lowest BCUT2D eigenvalue weighted by atomic mass is 9.95. The molecule has 0 aliphatic heterocycles. The van der Waals surface area contributed by atoms with Crippen molar-refractivity contribution in [3.63, 3.8) is 0 Å². The van der Waals surface area contributed by atoms with Crippen LogP contribution in [-0.4, -0.2) is 5.78 Å². The van der Waals surface area contributed by atoms with E-state index in [2.05, 4.69) is 0 Å². The third-order valence-electron chi connectivity index (χ3n) is 6.29. The van der Waals surface area contributed by atoms with E-state index in [1.807, 2.05) is 104 Å². The molecule has 0 saturated heterocycles. The molecule has 6 aromatic rings. The first kappa shape index (κ1) is 20.9. The normalized spacial score (nSPS) is 11.2.